The summed E-state index contributed by atoms with van der Waals surface area (Å²) in [6, 6.07) is 8.34. The number of nitrogens with zero attached hydrogens (tertiary/aromatic N) is 1. The standard InChI is InChI=1S/C26H36N2O5/c1-10-23(26(4,5)6)28(27-24(29)19-12-11-13-20(31-7)16(19)2)25(30)18-14-21(32-8)17(3)22(15-18)33-9/h11-15,23H,10H2,1-9H3,(H,27,29). The molecule has 1 N–H and O–H groups in total. The van der Waals surface area contributed by atoms with E-state index in [0.717, 1.165) is 5.56 Å². The second kappa shape index (κ2) is 10.6. The minimum atomic E-state index is -0.381. The Balaban J connectivity index is 2.56. The van der Waals surface area contributed by atoms with Crippen molar-refractivity contribution in [3.8, 4) is 17.2 Å². The quantitative estimate of drug-likeness (QED) is 0.597. The van der Waals surface area contributed by atoms with Crippen molar-refractivity contribution in [3.63, 3.8) is 0 Å². The normalized spacial score (nSPS) is 12.0. The Hall–Kier alpha value is -3.22. The number of hydrogen-bond donors (Lipinski definition) is 1. The van der Waals surface area contributed by atoms with E-state index in [1.807, 2.05) is 41.5 Å². The van der Waals surface area contributed by atoms with Crippen LogP contribution in [0.15, 0.2) is 30.3 Å². The molecule has 1 unspecified atom stereocenters. The summed E-state index contributed by atoms with van der Waals surface area (Å²) in [5.41, 5.74) is 4.88. The van der Waals surface area contributed by atoms with E-state index in [2.05, 4.69) is 5.43 Å². The zero-order chi connectivity index (χ0) is 24.9. The van der Waals surface area contributed by atoms with E-state index in [1.54, 1.807) is 51.7 Å². The predicted octanol–water partition coefficient (Wildman–Crippen LogP) is 4.94. The maximum Gasteiger partial charge on any atom is 0.272 e. The van der Waals surface area contributed by atoms with Crippen molar-refractivity contribution >= 4 is 11.8 Å². The molecule has 0 fully saturated rings. The van der Waals surface area contributed by atoms with Gasteiger partial charge in [-0.05, 0) is 49.9 Å². The maximum absolute atomic E-state index is 13.8. The first-order chi connectivity index (χ1) is 15.5. The summed E-state index contributed by atoms with van der Waals surface area (Å²) in [5.74, 6) is 0.958. The molecule has 0 aliphatic heterocycles. The molecule has 0 aromatic heterocycles. The van der Waals surface area contributed by atoms with Gasteiger partial charge in [-0.25, -0.2) is 5.01 Å². The largest absolute Gasteiger partial charge is 0.496 e. The average molecular weight is 457 g/mol. The van der Waals surface area contributed by atoms with Crippen LogP contribution in [-0.4, -0.2) is 44.2 Å². The number of hydrogen-bond acceptors (Lipinski definition) is 5. The third-order valence-corrected chi connectivity index (χ3v) is 5.89. The molecule has 180 valence electrons. The first-order valence-corrected chi connectivity index (χ1v) is 11.0. The molecule has 0 bridgehead atoms. The minimum absolute atomic E-state index is 0.266. The lowest BCUT2D eigenvalue weighted by molar-refractivity contribution is 0.0284. The Labute approximate surface area is 197 Å². The van der Waals surface area contributed by atoms with Crippen LogP contribution in [0.5, 0.6) is 17.2 Å². The molecule has 0 heterocycles. The maximum atomic E-state index is 13.8. The molecule has 0 radical (unpaired) electrons. The van der Waals surface area contributed by atoms with E-state index >= 15 is 0 Å². The lowest BCUT2D eigenvalue weighted by atomic mass is 9.84. The van der Waals surface area contributed by atoms with Gasteiger partial charge in [0.1, 0.15) is 17.2 Å². The summed E-state index contributed by atoms with van der Waals surface area (Å²) in [7, 11) is 4.65. The van der Waals surface area contributed by atoms with Crippen LogP contribution in [0.4, 0.5) is 0 Å². The molecule has 33 heavy (non-hydrogen) atoms. The zero-order valence-corrected chi connectivity index (χ0v) is 21.2. The third-order valence-electron chi connectivity index (χ3n) is 5.89. The van der Waals surface area contributed by atoms with E-state index in [-0.39, 0.29) is 23.3 Å². The van der Waals surface area contributed by atoms with Gasteiger partial charge in [0.25, 0.3) is 11.8 Å². The Bertz CT molecular complexity index is 985. The van der Waals surface area contributed by atoms with E-state index in [0.29, 0.717) is 40.4 Å². The van der Waals surface area contributed by atoms with Crippen LogP contribution in [0.2, 0.25) is 0 Å². The van der Waals surface area contributed by atoms with Crippen molar-refractivity contribution in [3.05, 3.63) is 52.6 Å². The van der Waals surface area contributed by atoms with Gasteiger partial charge < -0.3 is 14.2 Å². The van der Waals surface area contributed by atoms with E-state index in [4.69, 9.17) is 14.2 Å². The molecule has 0 saturated carbocycles. The highest BCUT2D eigenvalue weighted by Gasteiger charge is 2.35. The Kier molecular flexibility index (Phi) is 8.36. The average Bonchev–Trinajstić information content (AvgIpc) is 2.77. The van der Waals surface area contributed by atoms with Gasteiger partial charge in [0.05, 0.1) is 27.4 Å². The Morgan fingerprint density at radius 2 is 1.48 bits per heavy atom. The Morgan fingerprint density at radius 3 is 1.94 bits per heavy atom. The molecule has 0 aliphatic carbocycles. The molecule has 1 atom stereocenters. The third kappa shape index (κ3) is 5.59. The highest BCUT2D eigenvalue weighted by atomic mass is 16.5. The number of methoxy groups -OCH3 is 3. The van der Waals surface area contributed by atoms with Gasteiger partial charge >= 0.3 is 0 Å². The molecular formula is C26H36N2O5. The highest BCUT2D eigenvalue weighted by Crippen LogP contribution is 2.32. The van der Waals surface area contributed by atoms with Gasteiger partial charge in [-0.2, -0.15) is 0 Å². The van der Waals surface area contributed by atoms with Crippen molar-refractivity contribution in [1.82, 2.24) is 10.4 Å². The monoisotopic (exact) mass is 456 g/mol. The summed E-state index contributed by atoms with van der Waals surface area (Å²) in [6.45, 7) is 11.8. The van der Waals surface area contributed by atoms with Crippen LogP contribution in [-0.2, 0) is 0 Å². The number of nitrogens with one attached hydrogen (secondary N) is 1. The summed E-state index contributed by atoms with van der Waals surface area (Å²) < 4.78 is 16.3. The highest BCUT2D eigenvalue weighted by molar-refractivity contribution is 6.00. The molecule has 2 amide bonds. The number of ether oxygens (including phenoxy) is 3. The fourth-order valence-corrected chi connectivity index (χ4v) is 4.05. The molecular weight excluding hydrogens is 420 g/mol. The van der Waals surface area contributed by atoms with Gasteiger partial charge in [0.2, 0.25) is 0 Å². The minimum Gasteiger partial charge on any atom is -0.496 e. The predicted molar refractivity (Wildman–Crippen MR) is 129 cm³/mol. The molecule has 7 nitrogen and oxygen atoms in total. The van der Waals surface area contributed by atoms with Crippen LogP contribution in [0.25, 0.3) is 0 Å². The van der Waals surface area contributed by atoms with Gasteiger partial charge in [-0.1, -0.05) is 33.8 Å². The summed E-state index contributed by atoms with van der Waals surface area (Å²) in [4.78, 5) is 27.1. The second-order valence-electron chi connectivity index (χ2n) is 9.04. The van der Waals surface area contributed by atoms with Crippen LogP contribution in [0.1, 0.15) is 66.0 Å². The van der Waals surface area contributed by atoms with Gasteiger partial charge in [-0.3, -0.25) is 15.0 Å². The molecule has 0 saturated heterocycles. The number of carbonyl (C=O) groups excluding carboxylic acids is 2. The molecule has 2 aromatic carbocycles. The number of rotatable bonds is 7. The van der Waals surface area contributed by atoms with Crippen molar-refractivity contribution in [2.45, 2.75) is 54.0 Å². The Morgan fingerprint density at radius 1 is 0.939 bits per heavy atom. The first-order valence-electron chi connectivity index (χ1n) is 11.0. The van der Waals surface area contributed by atoms with Crippen molar-refractivity contribution < 1.29 is 23.8 Å². The second-order valence-corrected chi connectivity index (χ2v) is 9.04. The van der Waals surface area contributed by atoms with Gasteiger partial charge in [0, 0.05) is 22.3 Å². The lowest BCUT2D eigenvalue weighted by Crippen LogP contribution is -2.56. The molecule has 0 spiro atoms. The summed E-state index contributed by atoms with van der Waals surface area (Å²) in [5, 5.41) is 1.44. The fraction of sp³-hybridized carbons (Fsp3) is 0.462. The number of hydrazine groups is 1. The van der Waals surface area contributed by atoms with Crippen LogP contribution >= 0.6 is 0 Å². The first kappa shape index (κ1) is 26.0. The van der Waals surface area contributed by atoms with Crippen LogP contribution < -0.4 is 19.6 Å². The van der Waals surface area contributed by atoms with Crippen molar-refractivity contribution in [2.24, 2.45) is 5.41 Å². The zero-order valence-electron chi connectivity index (χ0n) is 21.2. The fourth-order valence-electron chi connectivity index (χ4n) is 4.05. The number of carbonyl (C=O) groups is 2. The molecule has 0 aliphatic rings. The molecule has 2 aromatic rings. The summed E-state index contributed by atoms with van der Waals surface area (Å²) >= 11 is 0. The summed E-state index contributed by atoms with van der Waals surface area (Å²) in [6.07, 6.45) is 0.646. The van der Waals surface area contributed by atoms with E-state index in [9.17, 15) is 9.59 Å². The van der Waals surface area contributed by atoms with Crippen LogP contribution in [0.3, 0.4) is 0 Å². The van der Waals surface area contributed by atoms with Crippen molar-refractivity contribution in [1.29, 1.82) is 0 Å². The van der Waals surface area contributed by atoms with E-state index < -0.39 is 0 Å². The van der Waals surface area contributed by atoms with Gasteiger partial charge in [-0.15, -0.1) is 0 Å². The number of amides is 2. The topological polar surface area (TPSA) is 77.1 Å². The smallest absolute Gasteiger partial charge is 0.272 e. The van der Waals surface area contributed by atoms with Crippen LogP contribution in [0, 0.1) is 19.3 Å². The molecule has 2 rings (SSSR count). The van der Waals surface area contributed by atoms with Gasteiger partial charge in [0.15, 0.2) is 0 Å². The lowest BCUT2D eigenvalue weighted by Gasteiger charge is -2.39. The number of benzene rings is 2. The SMILES string of the molecule is CCC(N(NC(=O)c1cccc(OC)c1C)C(=O)c1cc(OC)c(C)c(OC)c1)C(C)(C)C. The van der Waals surface area contributed by atoms with Crippen molar-refractivity contribution in [2.75, 3.05) is 21.3 Å². The molecule has 7 heteroatoms. The van der Waals surface area contributed by atoms with E-state index in [1.165, 1.54) is 5.01 Å².